The summed E-state index contributed by atoms with van der Waals surface area (Å²) in [7, 11) is 0. The van der Waals surface area contributed by atoms with Crippen LogP contribution in [-0.4, -0.2) is 10.2 Å². The van der Waals surface area contributed by atoms with Crippen molar-refractivity contribution in [3.63, 3.8) is 0 Å². The molecule has 0 amide bonds. The maximum atomic E-state index is 8.61. The summed E-state index contributed by atoms with van der Waals surface area (Å²) in [6, 6.07) is 5.61. The maximum Gasteiger partial charge on any atom is 0.0993 e. The molecule has 62 valence electrons. The summed E-state index contributed by atoms with van der Waals surface area (Å²) < 4.78 is 0. The van der Waals surface area contributed by atoms with Gasteiger partial charge >= 0.3 is 0 Å². The molecule has 0 atom stereocenters. The summed E-state index contributed by atoms with van der Waals surface area (Å²) in [4.78, 5) is 4.14. The van der Waals surface area contributed by atoms with E-state index >= 15 is 0 Å². The smallest absolute Gasteiger partial charge is 0.0993 e. The minimum Gasteiger partial charge on any atom is -0.250 e. The van der Waals surface area contributed by atoms with E-state index in [1.165, 1.54) is 0 Å². The molecule has 0 fully saturated rings. The number of aromatic nitrogens is 1. The molecule has 0 spiro atoms. The monoisotopic (exact) mass is 178 g/mol. The van der Waals surface area contributed by atoms with Gasteiger partial charge in [0.05, 0.1) is 16.7 Å². The lowest BCUT2D eigenvalue weighted by Crippen LogP contribution is -1.88. The van der Waals surface area contributed by atoms with Crippen LogP contribution in [0.1, 0.15) is 19.4 Å². The van der Waals surface area contributed by atoms with Gasteiger partial charge in [-0.25, -0.2) is 4.98 Å². The van der Waals surface area contributed by atoms with Crippen LogP contribution in [0.2, 0.25) is 0 Å². The van der Waals surface area contributed by atoms with Crippen molar-refractivity contribution in [1.82, 2.24) is 4.98 Å². The number of pyridine rings is 1. The van der Waals surface area contributed by atoms with Crippen LogP contribution in [0.15, 0.2) is 23.4 Å². The summed E-state index contributed by atoms with van der Waals surface area (Å²) in [5.74, 6) is 0. The lowest BCUT2D eigenvalue weighted by molar-refractivity contribution is 1.07. The topological polar surface area (TPSA) is 36.7 Å². The molecule has 0 aromatic carbocycles. The lowest BCUT2D eigenvalue weighted by Gasteiger charge is -2.02. The average Bonchev–Trinajstić information content (AvgIpc) is 2.03. The fraction of sp³-hybridized carbons (Fsp3) is 0.333. The Morgan fingerprint density at radius 1 is 1.58 bits per heavy atom. The third-order valence-corrected chi connectivity index (χ3v) is 2.16. The Balaban J connectivity index is 2.81. The second-order valence-corrected chi connectivity index (χ2v) is 4.26. The number of nitrogens with zero attached hydrogens (tertiary/aromatic N) is 2. The molecule has 0 aliphatic rings. The van der Waals surface area contributed by atoms with E-state index in [9.17, 15) is 0 Å². The van der Waals surface area contributed by atoms with E-state index in [4.69, 9.17) is 5.26 Å². The van der Waals surface area contributed by atoms with E-state index in [0.29, 0.717) is 10.8 Å². The Bertz CT molecular complexity index is 302. The number of thioether (sulfide) groups is 1. The molecule has 1 aromatic rings. The summed E-state index contributed by atoms with van der Waals surface area (Å²) in [5, 5.41) is 10.0. The minimum absolute atomic E-state index is 0.506. The van der Waals surface area contributed by atoms with Gasteiger partial charge in [-0.05, 0) is 12.1 Å². The Hall–Kier alpha value is -1.01. The van der Waals surface area contributed by atoms with Gasteiger partial charge < -0.3 is 0 Å². The summed E-state index contributed by atoms with van der Waals surface area (Å²) in [5.41, 5.74) is 0.674. The van der Waals surface area contributed by atoms with E-state index in [1.807, 2.05) is 6.07 Å². The predicted molar refractivity (Wildman–Crippen MR) is 49.9 cm³/mol. The quantitative estimate of drug-likeness (QED) is 0.653. The summed E-state index contributed by atoms with van der Waals surface area (Å²) in [6.45, 7) is 4.21. The molecule has 0 aliphatic heterocycles. The number of hydrogen-bond acceptors (Lipinski definition) is 3. The van der Waals surface area contributed by atoms with Gasteiger partial charge in [0.1, 0.15) is 0 Å². The average molecular weight is 178 g/mol. The van der Waals surface area contributed by atoms with Gasteiger partial charge in [0.15, 0.2) is 0 Å². The molecule has 0 N–H and O–H groups in total. The van der Waals surface area contributed by atoms with E-state index in [1.54, 1.807) is 24.0 Å². The van der Waals surface area contributed by atoms with Crippen molar-refractivity contribution < 1.29 is 0 Å². The van der Waals surface area contributed by atoms with Gasteiger partial charge in [-0.2, -0.15) is 5.26 Å². The minimum atomic E-state index is 0.506. The Morgan fingerprint density at radius 2 is 2.33 bits per heavy atom. The zero-order valence-corrected chi connectivity index (χ0v) is 7.93. The van der Waals surface area contributed by atoms with E-state index in [0.717, 1.165) is 5.03 Å². The van der Waals surface area contributed by atoms with Gasteiger partial charge in [0.25, 0.3) is 0 Å². The number of hydrogen-bond donors (Lipinski definition) is 0. The molecule has 1 rings (SSSR count). The highest BCUT2D eigenvalue weighted by Gasteiger charge is 1.99. The van der Waals surface area contributed by atoms with Crippen molar-refractivity contribution >= 4 is 11.8 Å². The van der Waals surface area contributed by atoms with Crippen LogP contribution in [-0.2, 0) is 0 Å². The first-order valence-corrected chi connectivity index (χ1v) is 4.63. The van der Waals surface area contributed by atoms with Gasteiger partial charge in [-0.1, -0.05) is 13.8 Å². The van der Waals surface area contributed by atoms with Crippen molar-refractivity contribution in [2.45, 2.75) is 24.1 Å². The largest absolute Gasteiger partial charge is 0.250 e. The zero-order chi connectivity index (χ0) is 8.97. The van der Waals surface area contributed by atoms with Crippen LogP contribution in [0.4, 0.5) is 0 Å². The fourth-order valence-electron chi connectivity index (χ4n) is 0.785. The van der Waals surface area contributed by atoms with Crippen LogP contribution < -0.4 is 0 Å². The van der Waals surface area contributed by atoms with Crippen molar-refractivity contribution in [2.75, 3.05) is 0 Å². The highest BCUT2D eigenvalue weighted by atomic mass is 32.2. The van der Waals surface area contributed by atoms with Crippen molar-refractivity contribution in [3.8, 4) is 6.07 Å². The zero-order valence-electron chi connectivity index (χ0n) is 7.11. The van der Waals surface area contributed by atoms with E-state index in [-0.39, 0.29) is 0 Å². The normalized spacial score (nSPS) is 9.83. The van der Waals surface area contributed by atoms with Crippen LogP contribution in [0.3, 0.4) is 0 Å². The molecule has 0 radical (unpaired) electrons. The van der Waals surface area contributed by atoms with Gasteiger partial charge in [0, 0.05) is 11.4 Å². The SMILES string of the molecule is CC(C)Sc1cc(C#N)ccn1. The van der Waals surface area contributed by atoms with Crippen molar-refractivity contribution in [1.29, 1.82) is 5.26 Å². The molecule has 1 heterocycles. The third kappa shape index (κ3) is 2.55. The van der Waals surface area contributed by atoms with E-state index in [2.05, 4.69) is 24.9 Å². The van der Waals surface area contributed by atoms with Crippen LogP contribution in [0, 0.1) is 11.3 Å². The molecule has 0 bridgehead atoms. The molecule has 0 aliphatic carbocycles. The van der Waals surface area contributed by atoms with Crippen LogP contribution in [0.25, 0.3) is 0 Å². The molecule has 3 heteroatoms. The first-order chi connectivity index (χ1) is 5.72. The second kappa shape index (κ2) is 4.13. The number of nitriles is 1. The van der Waals surface area contributed by atoms with Crippen LogP contribution in [0.5, 0.6) is 0 Å². The summed E-state index contributed by atoms with van der Waals surface area (Å²) >= 11 is 1.67. The van der Waals surface area contributed by atoms with Crippen LogP contribution >= 0.6 is 11.8 Å². The molecule has 0 saturated heterocycles. The van der Waals surface area contributed by atoms with Gasteiger partial charge in [-0.3, -0.25) is 0 Å². The first kappa shape index (κ1) is 9.08. The molecule has 0 unspecified atom stereocenters. The number of rotatable bonds is 2. The predicted octanol–water partition coefficient (Wildman–Crippen LogP) is 2.45. The van der Waals surface area contributed by atoms with E-state index < -0.39 is 0 Å². The molecule has 2 nitrogen and oxygen atoms in total. The highest BCUT2D eigenvalue weighted by Crippen LogP contribution is 2.20. The molecule has 1 aromatic heterocycles. The summed E-state index contributed by atoms with van der Waals surface area (Å²) in [6.07, 6.45) is 1.67. The standard InChI is InChI=1S/C9H10N2S/c1-7(2)12-9-5-8(6-10)3-4-11-9/h3-5,7H,1-2H3. The molecule has 0 saturated carbocycles. The Labute approximate surface area is 76.6 Å². The van der Waals surface area contributed by atoms with Crippen molar-refractivity contribution in [3.05, 3.63) is 23.9 Å². The fourth-order valence-corrected chi connectivity index (χ4v) is 1.58. The van der Waals surface area contributed by atoms with Crippen molar-refractivity contribution in [2.24, 2.45) is 0 Å². The highest BCUT2D eigenvalue weighted by molar-refractivity contribution is 7.99. The second-order valence-electron chi connectivity index (χ2n) is 2.66. The molecular weight excluding hydrogens is 168 g/mol. The lowest BCUT2D eigenvalue weighted by atomic mass is 10.3. The maximum absolute atomic E-state index is 8.61. The Kier molecular flexibility index (Phi) is 3.12. The Morgan fingerprint density at radius 3 is 2.92 bits per heavy atom. The third-order valence-electron chi connectivity index (χ3n) is 1.22. The van der Waals surface area contributed by atoms with Gasteiger partial charge in [0.2, 0.25) is 0 Å². The first-order valence-electron chi connectivity index (χ1n) is 3.75. The molecule has 12 heavy (non-hydrogen) atoms. The van der Waals surface area contributed by atoms with Gasteiger partial charge in [-0.15, -0.1) is 11.8 Å². The molecular formula is C9H10N2S.